The Balaban J connectivity index is 1.36. The van der Waals surface area contributed by atoms with E-state index in [2.05, 4.69) is 11.1 Å². The number of aromatic nitrogens is 1. The second-order valence-electron chi connectivity index (χ2n) is 5.61. The second kappa shape index (κ2) is 7.41. The summed E-state index contributed by atoms with van der Waals surface area (Å²) in [6, 6.07) is 17.3. The van der Waals surface area contributed by atoms with E-state index in [-0.39, 0.29) is 19.0 Å². The molecule has 0 bridgehead atoms. The Bertz CT molecular complexity index is 1020. The zero-order chi connectivity index (χ0) is 17.8. The number of fused-ring (bicyclic) bond motifs is 1. The van der Waals surface area contributed by atoms with Gasteiger partial charge in [0.1, 0.15) is 24.7 Å². The van der Waals surface area contributed by atoms with Gasteiger partial charge < -0.3 is 13.9 Å². The number of esters is 1. The summed E-state index contributed by atoms with van der Waals surface area (Å²) in [5.41, 5.74) is 1.69. The van der Waals surface area contributed by atoms with Crippen LogP contribution >= 0.6 is 11.3 Å². The number of carbonyl (C=O) groups is 1. The largest absolute Gasteiger partial charge is 0.486 e. The van der Waals surface area contributed by atoms with Gasteiger partial charge in [-0.3, -0.25) is 4.98 Å². The summed E-state index contributed by atoms with van der Waals surface area (Å²) < 4.78 is 16.5. The molecular formula is C20H15NO4S. The van der Waals surface area contributed by atoms with E-state index in [1.165, 1.54) is 11.3 Å². The third kappa shape index (κ3) is 3.75. The number of hydrogen-bond acceptors (Lipinski definition) is 6. The first-order chi connectivity index (χ1) is 12.8. The van der Waals surface area contributed by atoms with E-state index in [4.69, 9.17) is 13.9 Å². The molecule has 26 heavy (non-hydrogen) atoms. The number of benzene rings is 2. The molecule has 0 aliphatic carbocycles. The lowest BCUT2D eigenvalue weighted by atomic mass is 10.1. The van der Waals surface area contributed by atoms with Crippen LogP contribution in [0.3, 0.4) is 0 Å². The molecule has 0 amide bonds. The van der Waals surface area contributed by atoms with E-state index in [9.17, 15) is 4.79 Å². The fraction of sp³-hybridized carbons (Fsp3) is 0.100. The highest BCUT2D eigenvalue weighted by molar-refractivity contribution is 7.09. The van der Waals surface area contributed by atoms with E-state index in [0.717, 1.165) is 21.4 Å². The molecule has 0 radical (unpaired) electrons. The molecule has 0 saturated carbocycles. The molecule has 0 aliphatic rings. The average molecular weight is 365 g/mol. The van der Waals surface area contributed by atoms with Crippen LogP contribution in [0.4, 0.5) is 0 Å². The molecular weight excluding hydrogens is 350 g/mol. The average Bonchev–Trinajstić information content (AvgIpc) is 3.36. The van der Waals surface area contributed by atoms with Crippen molar-refractivity contribution in [1.29, 1.82) is 0 Å². The van der Waals surface area contributed by atoms with Crippen molar-refractivity contribution in [2.45, 2.75) is 13.2 Å². The van der Waals surface area contributed by atoms with Crippen LogP contribution in [-0.2, 0) is 18.0 Å². The molecule has 0 aliphatic heterocycles. The lowest BCUT2D eigenvalue weighted by Crippen LogP contribution is -2.03. The predicted molar refractivity (Wildman–Crippen MR) is 98.2 cm³/mol. The van der Waals surface area contributed by atoms with Crippen molar-refractivity contribution in [3.05, 3.63) is 82.7 Å². The van der Waals surface area contributed by atoms with Gasteiger partial charge in [-0.05, 0) is 35.0 Å². The summed E-state index contributed by atoms with van der Waals surface area (Å²) in [6.45, 7) is 0.424. The minimum Gasteiger partial charge on any atom is -0.486 e. The molecule has 0 unspecified atom stereocenters. The maximum atomic E-state index is 12.0. The highest BCUT2D eigenvalue weighted by Gasteiger charge is 2.13. The van der Waals surface area contributed by atoms with E-state index in [0.29, 0.717) is 5.76 Å². The van der Waals surface area contributed by atoms with Crippen molar-refractivity contribution in [1.82, 2.24) is 4.98 Å². The van der Waals surface area contributed by atoms with Gasteiger partial charge in [0.2, 0.25) is 5.76 Å². The van der Waals surface area contributed by atoms with Gasteiger partial charge in [0.25, 0.3) is 0 Å². The quantitative estimate of drug-likeness (QED) is 0.458. The topological polar surface area (TPSA) is 61.6 Å². The summed E-state index contributed by atoms with van der Waals surface area (Å²) in [5, 5.41) is 2.26. The van der Waals surface area contributed by atoms with Crippen molar-refractivity contribution in [3.63, 3.8) is 0 Å². The van der Waals surface area contributed by atoms with Crippen LogP contribution < -0.4 is 4.74 Å². The lowest BCUT2D eigenvalue weighted by molar-refractivity contribution is 0.0436. The first kappa shape index (κ1) is 16.4. The molecule has 5 nitrogen and oxygen atoms in total. The lowest BCUT2D eigenvalue weighted by Gasteiger charge is -2.06. The Labute approximate surface area is 153 Å². The number of rotatable bonds is 6. The van der Waals surface area contributed by atoms with Gasteiger partial charge in [-0.1, -0.05) is 30.3 Å². The summed E-state index contributed by atoms with van der Waals surface area (Å²) in [7, 11) is 0. The van der Waals surface area contributed by atoms with Crippen molar-refractivity contribution in [2.24, 2.45) is 0 Å². The molecule has 2 aromatic carbocycles. The number of hydrogen-bond donors (Lipinski definition) is 0. The number of carbonyl (C=O) groups excluding carboxylic acids is 1. The van der Waals surface area contributed by atoms with Gasteiger partial charge in [0.05, 0.1) is 10.4 Å². The molecule has 0 fully saturated rings. The molecule has 0 N–H and O–H groups in total. The number of ether oxygens (including phenoxy) is 2. The van der Waals surface area contributed by atoms with Gasteiger partial charge in [0, 0.05) is 6.20 Å². The fourth-order valence-corrected chi connectivity index (χ4v) is 3.00. The van der Waals surface area contributed by atoms with Crippen molar-refractivity contribution in [2.75, 3.05) is 0 Å². The van der Waals surface area contributed by atoms with E-state index < -0.39 is 5.97 Å². The first-order valence-corrected chi connectivity index (χ1v) is 8.91. The second-order valence-corrected chi connectivity index (χ2v) is 6.58. The molecule has 4 aromatic rings. The van der Waals surface area contributed by atoms with E-state index in [1.807, 2.05) is 36.4 Å². The van der Waals surface area contributed by atoms with Crippen LogP contribution in [0.5, 0.6) is 5.75 Å². The Morgan fingerprint density at radius 1 is 1.04 bits per heavy atom. The van der Waals surface area contributed by atoms with Crippen molar-refractivity contribution >= 4 is 28.1 Å². The minimum atomic E-state index is -0.504. The first-order valence-electron chi connectivity index (χ1n) is 8.03. The number of furan rings is 1. The Hall–Kier alpha value is -3.12. The summed E-state index contributed by atoms with van der Waals surface area (Å²) in [4.78, 5) is 16.8. The SMILES string of the molecule is O=C(OCc1cncs1)c1ccc(COc2ccc3ccccc3c2)o1. The van der Waals surface area contributed by atoms with Crippen LogP contribution in [0.25, 0.3) is 10.8 Å². The molecule has 2 aromatic heterocycles. The molecule has 6 heteroatoms. The van der Waals surface area contributed by atoms with Crippen LogP contribution in [0.2, 0.25) is 0 Å². The van der Waals surface area contributed by atoms with Gasteiger partial charge in [-0.25, -0.2) is 4.79 Å². The zero-order valence-electron chi connectivity index (χ0n) is 13.8. The van der Waals surface area contributed by atoms with Crippen LogP contribution in [-0.4, -0.2) is 11.0 Å². The maximum Gasteiger partial charge on any atom is 0.374 e. The van der Waals surface area contributed by atoms with Crippen LogP contribution in [0, 0.1) is 0 Å². The van der Waals surface area contributed by atoms with Crippen LogP contribution in [0.15, 0.2) is 70.7 Å². The standard InChI is InChI=1S/C20H15NO4S/c22-20(24-12-18-10-21-13-26-18)19-8-7-17(25-19)11-23-16-6-5-14-3-1-2-4-15(14)9-16/h1-10,13H,11-12H2. The van der Waals surface area contributed by atoms with Gasteiger partial charge in [-0.2, -0.15) is 0 Å². The number of thiazole rings is 1. The Kier molecular flexibility index (Phi) is 4.66. The highest BCUT2D eigenvalue weighted by atomic mass is 32.1. The molecule has 2 heterocycles. The molecule has 0 atom stereocenters. The Morgan fingerprint density at radius 2 is 1.92 bits per heavy atom. The van der Waals surface area contributed by atoms with E-state index in [1.54, 1.807) is 23.8 Å². The molecule has 130 valence electrons. The van der Waals surface area contributed by atoms with Gasteiger partial charge in [-0.15, -0.1) is 11.3 Å². The predicted octanol–water partition coefficient (Wildman–Crippen LogP) is 4.83. The molecule has 0 spiro atoms. The third-order valence-electron chi connectivity index (χ3n) is 3.79. The Morgan fingerprint density at radius 3 is 2.77 bits per heavy atom. The summed E-state index contributed by atoms with van der Waals surface area (Å²) in [6.07, 6.45) is 1.67. The summed E-state index contributed by atoms with van der Waals surface area (Å²) >= 11 is 1.43. The van der Waals surface area contributed by atoms with Crippen molar-refractivity contribution < 1.29 is 18.7 Å². The normalized spacial score (nSPS) is 10.8. The zero-order valence-corrected chi connectivity index (χ0v) is 14.6. The molecule has 0 saturated heterocycles. The van der Waals surface area contributed by atoms with Crippen molar-refractivity contribution in [3.8, 4) is 5.75 Å². The van der Waals surface area contributed by atoms with Crippen LogP contribution in [0.1, 0.15) is 21.2 Å². The van der Waals surface area contributed by atoms with Gasteiger partial charge >= 0.3 is 5.97 Å². The third-order valence-corrected chi connectivity index (χ3v) is 4.55. The number of nitrogens with zero attached hydrogens (tertiary/aromatic N) is 1. The minimum absolute atomic E-state index is 0.159. The van der Waals surface area contributed by atoms with Gasteiger partial charge in [0.15, 0.2) is 0 Å². The fourth-order valence-electron chi connectivity index (χ4n) is 2.50. The summed E-state index contributed by atoms with van der Waals surface area (Å²) in [5.74, 6) is 0.958. The monoisotopic (exact) mass is 365 g/mol. The maximum absolute atomic E-state index is 12.0. The van der Waals surface area contributed by atoms with E-state index >= 15 is 0 Å². The smallest absolute Gasteiger partial charge is 0.374 e. The highest BCUT2D eigenvalue weighted by Crippen LogP contribution is 2.22. The molecule has 4 rings (SSSR count).